The van der Waals surface area contributed by atoms with E-state index >= 15 is 0 Å². The first-order valence-electron chi connectivity index (χ1n) is 7.24. The van der Waals surface area contributed by atoms with Gasteiger partial charge in [-0.15, -0.1) is 11.3 Å². The zero-order valence-corrected chi connectivity index (χ0v) is 13.7. The Balaban J connectivity index is 1.78. The molecule has 0 aliphatic heterocycles. The van der Waals surface area contributed by atoms with Gasteiger partial charge in [-0.1, -0.05) is 0 Å². The normalized spacial score (nSPS) is 12.7. The lowest BCUT2D eigenvalue weighted by molar-refractivity contribution is -0.137. The van der Waals surface area contributed by atoms with Crippen LogP contribution in [0.25, 0.3) is 0 Å². The van der Waals surface area contributed by atoms with E-state index < -0.39 is 23.9 Å². The van der Waals surface area contributed by atoms with Crippen LogP contribution in [0.15, 0.2) is 36.4 Å². The Morgan fingerprint density at radius 3 is 2.42 bits per heavy atom. The van der Waals surface area contributed by atoms with E-state index in [9.17, 15) is 23.1 Å². The second-order valence-electron chi connectivity index (χ2n) is 5.19. The predicted octanol–water partition coefficient (Wildman–Crippen LogP) is 4.18. The van der Waals surface area contributed by atoms with Crippen molar-refractivity contribution in [3.63, 3.8) is 0 Å². The highest BCUT2D eigenvalue weighted by molar-refractivity contribution is 7.12. The minimum Gasteiger partial charge on any atom is -0.388 e. The highest BCUT2D eigenvalue weighted by Gasteiger charge is 2.29. The molecule has 0 bridgehead atoms. The number of benzene rings is 1. The third-order valence-electron chi connectivity index (χ3n) is 3.22. The number of halogens is 3. The van der Waals surface area contributed by atoms with Gasteiger partial charge in [-0.3, -0.25) is 0 Å². The van der Waals surface area contributed by atoms with E-state index in [4.69, 9.17) is 0 Å². The van der Waals surface area contributed by atoms with Crippen LogP contribution in [0.2, 0.25) is 0 Å². The molecule has 24 heavy (non-hydrogen) atoms. The molecule has 2 amide bonds. The second kappa shape index (κ2) is 7.67. The summed E-state index contributed by atoms with van der Waals surface area (Å²) in [5.74, 6) is 0. The van der Waals surface area contributed by atoms with Crippen molar-refractivity contribution >= 4 is 23.1 Å². The molecule has 0 aliphatic rings. The zero-order valence-electron chi connectivity index (χ0n) is 12.9. The van der Waals surface area contributed by atoms with Crippen molar-refractivity contribution < 1.29 is 23.1 Å². The van der Waals surface area contributed by atoms with Gasteiger partial charge in [0.15, 0.2) is 0 Å². The van der Waals surface area contributed by atoms with E-state index in [-0.39, 0.29) is 5.69 Å². The molecule has 8 heteroatoms. The van der Waals surface area contributed by atoms with Crippen LogP contribution in [0.1, 0.15) is 28.3 Å². The molecule has 0 saturated carbocycles. The van der Waals surface area contributed by atoms with Crippen LogP contribution >= 0.6 is 11.3 Å². The lowest BCUT2D eigenvalue weighted by Crippen LogP contribution is -2.30. The highest BCUT2D eigenvalue weighted by atomic mass is 32.1. The Morgan fingerprint density at radius 2 is 1.88 bits per heavy atom. The monoisotopic (exact) mass is 358 g/mol. The van der Waals surface area contributed by atoms with Gasteiger partial charge >= 0.3 is 12.2 Å². The van der Waals surface area contributed by atoms with Gasteiger partial charge in [0, 0.05) is 22.0 Å². The molecule has 2 rings (SSSR count). The number of hydrogen-bond donors (Lipinski definition) is 3. The summed E-state index contributed by atoms with van der Waals surface area (Å²) in [6.07, 6.45) is -4.30. The maximum atomic E-state index is 12.4. The molecule has 0 saturated heterocycles. The number of amides is 2. The van der Waals surface area contributed by atoms with Crippen LogP contribution < -0.4 is 10.6 Å². The minimum atomic E-state index is -4.40. The van der Waals surface area contributed by atoms with Crippen molar-refractivity contribution in [1.82, 2.24) is 5.32 Å². The number of alkyl halides is 3. The maximum absolute atomic E-state index is 12.4. The summed E-state index contributed by atoms with van der Waals surface area (Å²) in [5.41, 5.74) is -0.479. The van der Waals surface area contributed by atoms with E-state index in [2.05, 4.69) is 10.6 Å². The van der Waals surface area contributed by atoms with Crippen LogP contribution in [0.4, 0.5) is 23.7 Å². The third kappa shape index (κ3) is 5.24. The molecule has 130 valence electrons. The number of thiophene rings is 1. The molecule has 0 aliphatic carbocycles. The molecule has 2 aromatic rings. The fourth-order valence-corrected chi connectivity index (χ4v) is 2.92. The van der Waals surface area contributed by atoms with Gasteiger partial charge in [0.05, 0.1) is 11.7 Å². The van der Waals surface area contributed by atoms with Gasteiger partial charge in [-0.05, 0) is 49.7 Å². The average molecular weight is 358 g/mol. The topological polar surface area (TPSA) is 61.4 Å². The van der Waals surface area contributed by atoms with Crippen LogP contribution in [0.3, 0.4) is 0 Å². The fourth-order valence-electron chi connectivity index (χ4n) is 1.97. The van der Waals surface area contributed by atoms with Crippen LogP contribution in [-0.4, -0.2) is 17.7 Å². The lowest BCUT2D eigenvalue weighted by atomic mass is 10.2. The first-order chi connectivity index (χ1) is 11.3. The molecule has 0 radical (unpaired) electrons. The SMILES string of the molecule is CC(O)c1ccc(CCNC(=O)Nc2ccc(C(F)(F)F)cc2)s1. The predicted molar refractivity (Wildman–Crippen MR) is 87.1 cm³/mol. The summed E-state index contributed by atoms with van der Waals surface area (Å²) in [4.78, 5) is 13.6. The van der Waals surface area contributed by atoms with Crippen molar-refractivity contribution in [1.29, 1.82) is 0 Å². The van der Waals surface area contributed by atoms with Crippen LogP contribution in [0.5, 0.6) is 0 Å². The quantitative estimate of drug-likeness (QED) is 0.751. The Labute approximate surface area is 141 Å². The molecule has 1 heterocycles. The van der Waals surface area contributed by atoms with Gasteiger partial charge in [0.1, 0.15) is 0 Å². The second-order valence-corrected chi connectivity index (χ2v) is 6.39. The molecule has 1 atom stereocenters. The van der Waals surface area contributed by atoms with E-state index in [0.29, 0.717) is 13.0 Å². The lowest BCUT2D eigenvalue weighted by Gasteiger charge is -2.09. The standard InChI is InChI=1S/C16H17F3N2O2S/c1-10(22)14-7-6-13(24-14)8-9-20-15(23)21-12-4-2-11(3-5-12)16(17,18)19/h2-7,10,22H,8-9H2,1H3,(H2,20,21,23). The van der Waals surface area contributed by atoms with Gasteiger partial charge in [-0.25, -0.2) is 4.79 Å². The van der Waals surface area contributed by atoms with E-state index in [1.807, 2.05) is 12.1 Å². The van der Waals surface area contributed by atoms with Gasteiger partial charge in [0.25, 0.3) is 0 Å². The molecule has 3 N–H and O–H groups in total. The van der Waals surface area contributed by atoms with E-state index in [0.717, 1.165) is 21.9 Å². The van der Waals surface area contributed by atoms with Crippen molar-refractivity contribution in [2.75, 3.05) is 11.9 Å². The molecule has 1 aromatic carbocycles. The van der Waals surface area contributed by atoms with Gasteiger partial charge in [-0.2, -0.15) is 13.2 Å². The van der Waals surface area contributed by atoms with Gasteiger partial charge in [0.2, 0.25) is 0 Å². The number of rotatable bonds is 5. The number of carbonyl (C=O) groups excluding carboxylic acids is 1. The fraction of sp³-hybridized carbons (Fsp3) is 0.312. The third-order valence-corrected chi connectivity index (χ3v) is 4.54. The van der Waals surface area contributed by atoms with Crippen LogP contribution in [0, 0.1) is 0 Å². The summed E-state index contributed by atoms with van der Waals surface area (Å²) in [6.45, 7) is 2.07. The summed E-state index contributed by atoms with van der Waals surface area (Å²) in [6, 6.07) is 7.49. The molecule has 1 unspecified atom stereocenters. The number of nitrogens with one attached hydrogen (secondary N) is 2. The summed E-state index contributed by atoms with van der Waals surface area (Å²) in [5, 5.41) is 14.6. The summed E-state index contributed by atoms with van der Waals surface area (Å²) >= 11 is 1.47. The smallest absolute Gasteiger partial charge is 0.388 e. The molecule has 4 nitrogen and oxygen atoms in total. The molecule has 0 fully saturated rings. The Bertz CT molecular complexity index is 681. The number of anilines is 1. The zero-order chi connectivity index (χ0) is 17.7. The number of hydrogen-bond acceptors (Lipinski definition) is 3. The molecular formula is C16H17F3N2O2S. The first kappa shape index (κ1) is 18.3. The van der Waals surface area contributed by atoms with Crippen molar-refractivity contribution in [3.8, 4) is 0 Å². The molecule has 1 aromatic heterocycles. The molecular weight excluding hydrogens is 341 g/mol. The number of aliphatic hydroxyl groups is 1. The van der Waals surface area contributed by atoms with Crippen molar-refractivity contribution in [2.24, 2.45) is 0 Å². The number of carbonyl (C=O) groups is 1. The summed E-state index contributed by atoms with van der Waals surface area (Å²) in [7, 11) is 0. The Kier molecular flexibility index (Phi) is 5.84. The van der Waals surface area contributed by atoms with Gasteiger partial charge < -0.3 is 15.7 Å². The summed E-state index contributed by atoms with van der Waals surface area (Å²) < 4.78 is 37.3. The Morgan fingerprint density at radius 1 is 1.21 bits per heavy atom. The van der Waals surface area contributed by atoms with E-state index in [1.54, 1.807) is 6.92 Å². The van der Waals surface area contributed by atoms with E-state index in [1.165, 1.54) is 23.5 Å². The number of urea groups is 1. The number of aliphatic hydroxyl groups excluding tert-OH is 1. The first-order valence-corrected chi connectivity index (χ1v) is 8.06. The molecule has 0 spiro atoms. The minimum absolute atomic E-state index is 0.285. The van der Waals surface area contributed by atoms with Crippen molar-refractivity contribution in [2.45, 2.75) is 25.6 Å². The van der Waals surface area contributed by atoms with Crippen LogP contribution in [-0.2, 0) is 12.6 Å². The Hall–Kier alpha value is -2.06. The van der Waals surface area contributed by atoms with Crippen molar-refractivity contribution in [3.05, 3.63) is 51.7 Å². The highest BCUT2D eigenvalue weighted by Crippen LogP contribution is 2.29. The average Bonchev–Trinajstić information content (AvgIpc) is 2.96. The maximum Gasteiger partial charge on any atom is 0.416 e. The largest absolute Gasteiger partial charge is 0.416 e.